The van der Waals surface area contributed by atoms with Crippen molar-refractivity contribution < 1.29 is 38.2 Å². The molecule has 0 fully saturated rings. The smallest absolute Gasteiger partial charge is 0.330 e. The van der Waals surface area contributed by atoms with Gasteiger partial charge in [-0.25, -0.2) is 4.79 Å². The third-order valence-corrected chi connectivity index (χ3v) is 5.69. The van der Waals surface area contributed by atoms with Crippen molar-refractivity contribution in [2.75, 3.05) is 6.54 Å². The molecule has 3 rings (SSSR count). The Hall–Kier alpha value is -4.15. The maximum atomic E-state index is 12.7. The average Bonchev–Trinajstić information content (AvgIpc) is 2.81. The normalized spacial score (nSPS) is 14.5. The van der Waals surface area contributed by atoms with Crippen LogP contribution in [0.1, 0.15) is 45.6 Å². The predicted molar refractivity (Wildman–Crippen MR) is 128 cm³/mol. The highest BCUT2D eigenvalue weighted by atomic mass is 16.6. The molecule has 2 aromatic carbocycles. The SMILES string of the molecule is CC(=O)Oc1c2c(c3ccccc3c1OC(=O)CNC(=O)CCC(NC=O)C(N)=O)OC(C)(C)CC2. The van der Waals surface area contributed by atoms with Crippen molar-refractivity contribution in [2.45, 2.75) is 58.1 Å². The molecule has 0 aliphatic carbocycles. The monoisotopic (exact) mass is 499 g/mol. The predicted octanol–water partition coefficient (Wildman–Crippen LogP) is 1.27. The first-order valence-electron chi connectivity index (χ1n) is 11.4. The van der Waals surface area contributed by atoms with E-state index in [2.05, 4.69) is 10.6 Å². The van der Waals surface area contributed by atoms with Crippen molar-refractivity contribution in [3.8, 4) is 17.2 Å². The van der Waals surface area contributed by atoms with Crippen molar-refractivity contribution in [3.05, 3.63) is 29.8 Å². The number of fused-ring (bicyclic) bond motifs is 3. The summed E-state index contributed by atoms with van der Waals surface area (Å²) in [6, 6.07) is 6.12. The van der Waals surface area contributed by atoms with Crippen LogP contribution in [0.5, 0.6) is 17.2 Å². The van der Waals surface area contributed by atoms with Crippen LogP contribution in [0.3, 0.4) is 0 Å². The fourth-order valence-electron chi connectivity index (χ4n) is 3.93. The van der Waals surface area contributed by atoms with Gasteiger partial charge in [0, 0.05) is 29.7 Å². The quantitative estimate of drug-likeness (QED) is 0.250. The van der Waals surface area contributed by atoms with E-state index in [1.807, 2.05) is 26.0 Å². The number of amides is 3. The van der Waals surface area contributed by atoms with Crippen molar-refractivity contribution >= 4 is 40.9 Å². The summed E-state index contributed by atoms with van der Waals surface area (Å²) in [6.45, 7) is 4.70. The molecule has 4 N–H and O–H groups in total. The molecule has 2 aromatic rings. The Morgan fingerprint density at radius 2 is 1.83 bits per heavy atom. The van der Waals surface area contributed by atoms with Gasteiger partial charge in [-0.15, -0.1) is 0 Å². The molecule has 1 heterocycles. The molecular weight excluding hydrogens is 470 g/mol. The Kier molecular flexibility index (Phi) is 8.13. The number of esters is 2. The highest BCUT2D eigenvalue weighted by molar-refractivity contribution is 6.00. The summed E-state index contributed by atoms with van der Waals surface area (Å²) in [7, 11) is 0. The number of primary amides is 1. The molecule has 0 radical (unpaired) electrons. The minimum atomic E-state index is -0.999. The van der Waals surface area contributed by atoms with E-state index in [0.717, 1.165) is 0 Å². The molecule has 0 spiro atoms. The number of rotatable bonds is 10. The van der Waals surface area contributed by atoms with E-state index in [0.29, 0.717) is 41.3 Å². The second-order valence-corrected chi connectivity index (χ2v) is 9.00. The zero-order valence-electron chi connectivity index (χ0n) is 20.3. The molecule has 11 heteroatoms. The Morgan fingerprint density at radius 3 is 2.47 bits per heavy atom. The fourth-order valence-corrected chi connectivity index (χ4v) is 3.93. The van der Waals surface area contributed by atoms with Crippen LogP contribution in [0.15, 0.2) is 24.3 Å². The third-order valence-electron chi connectivity index (χ3n) is 5.69. The van der Waals surface area contributed by atoms with Crippen molar-refractivity contribution in [2.24, 2.45) is 5.73 Å². The minimum absolute atomic E-state index is 0.0304. The molecule has 1 aliphatic heterocycles. The van der Waals surface area contributed by atoms with Crippen LogP contribution in [0.25, 0.3) is 10.8 Å². The molecule has 36 heavy (non-hydrogen) atoms. The zero-order valence-corrected chi connectivity index (χ0v) is 20.3. The number of nitrogens with one attached hydrogen (secondary N) is 2. The molecule has 0 saturated carbocycles. The van der Waals surface area contributed by atoms with Crippen molar-refractivity contribution in [1.29, 1.82) is 0 Å². The number of benzene rings is 2. The van der Waals surface area contributed by atoms with Gasteiger partial charge in [0.1, 0.15) is 23.9 Å². The lowest BCUT2D eigenvalue weighted by molar-refractivity contribution is -0.136. The zero-order chi connectivity index (χ0) is 26.5. The molecule has 11 nitrogen and oxygen atoms in total. The van der Waals surface area contributed by atoms with E-state index in [1.54, 1.807) is 12.1 Å². The molecule has 0 bridgehead atoms. The lowest BCUT2D eigenvalue weighted by Crippen LogP contribution is -2.41. The van der Waals surface area contributed by atoms with Gasteiger partial charge in [-0.2, -0.15) is 0 Å². The highest BCUT2D eigenvalue weighted by Crippen LogP contribution is 2.50. The van der Waals surface area contributed by atoms with E-state index in [9.17, 15) is 24.0 Å². The van der Waals surface area contributed by atoms with Crippen LogP contribution in [-0.4, -0.2) is 48.4 Å². The molecule has 192 valence electrons. The molecule has 3 amide bonds. The lowest BCUT2D eigenvalue weighted by atomic mass is 9.91. The molecule has 1 atom stereocenters. The van der Waals surface area contributed by atoms with Gasteiger partial charge >= 0.3 is 11.9 Å². The van der Waals surface area contributed by atoms with Crippen molar-refractivity contribution in [3.63, 3.8) is 0 Å². The number of ether oxygens (including phenoxy) is 3. The van der Waals surface area contributed by atoms with Crippen LogP contribution in [0.2, 0.25) is 0 Å². The van der Waals surface area contributed by atoms with E-state index < -0.39 is 41.9 Å². The van der Waals surface area contributed by atoms with Crippen LogP contribution < -0.4 is 30.6 Å². The lowest BCUT2D eigenvalue weighted by Gasteiger charge is -2.34. The third kappa shape index (κ3) is 6.29. The second kappa shape index (κ2) is 11.1. The molecule has 1 unspecified atom stereocenters. The Bertz CT molecular complexity index is 1210. The van der Waals surface area contributed by atoms with E-state index >= 15 is 0 Å². The maximum Gasteiger partial charge on any atom is 0.330 e. The summed E-state index contributed by atoms with van der Waals surface area (Å²) in [5.74, 6) is -1.97. The largest absolute Gasteiger partial charge is 0.487 e. The summed E-state index contributed by atoms with van der Waals surface area (Å²) in [6.07, 6.45) is 1.32. The fraction of sp³-hybridized carbons (Fsp3) is 0.400. The number of hydrogen-bond acceptors (Lipinski definition) is 8. The standard InChI is InChI=1S/C25H29N3O8/c1-14(30)34-23-17-10-11-25(2,3)36-21(17)15-6-4-5-7-16(15)22(23)35-20(32)12-27-19(31)9-8-18(24(26)33)28-13-29/h4-7,13,18H,8-12H2,1-3H3,(H2,26,33)(H,27,31)(H,28,29). The van der Waals surface area contributed by atoms with Gasteiger partial charge < -0.3 is 30.6 Å². The Balaban J connectivity index is 1.82. The number of nitrogens with two attached hydrogens (primary N) is 1. The summed E-state index contributed by atoms with van der Waals surface area (Å²) in [5.41, 5.74) is 5.35. The number of hydrogen-bond donors (Lipinski definition) is 3. The first-order chi connectivity index (χ1) is 17.0. The average molecular weight is 500 g/mol. The first-order valence-corrected chi connectivity index (χ1v) is 11.4. The Labute approximate surface area is 207 Å². The van der Waals surface area contributed by atoms with E-state index in [4.69, 9.17) is 19.9 Å². The number of carbonyl (C=O) groups is 5. The van der Waals surface area contributed by atoms with Gasteiger partial charge in [0.25, 0.3) is 0 Å². The van der Waals surface area contributed by atoms with Gasteiger partial charge in [-0.1, -0.05) is 24.3 Å². The van der Waals surface area contributed by atoms with E-state index in [-0.39, 0.29) is 24.3 Å². The van der Waals surface area contributed by atoms with E-state index in [1.165, 1.54) is 6.92 Å². The summed E-state index contributed by atoms with van der Waals surface area (Å²) < 4.78 is 17.3. The molecule has 0 aromatic heterocycles. The first kappa shape index (κ1) is 26.5. The molecule has 0 saturated heterocycles. The Morgan fingerprint density at radius 1 is 1.14 bits per heavy atom. The van der Waals surface area contributed by atoms with Gasteiger partial charge in [-0.05, 0) is 33.1 Å². The van der Waals surface area contributed by atoms with Crippen LogP contribution in [0.4, 0.5) is 0 Å². The summed E-state index contributed by atoms with van der Waals surface area (Å²) >= 11 is 0. The summed E-state index contributed by atoms with van der Waals surface area (Å²) in [5, 5.41) is 5.84. The molecular formula is C25H29N3O8. The van der Waals surface area contributed by atoms with Gasteiger partial charge in [0.2, 0.25) is 18.2 Å². The van der Waals surface area contributed by atoms with Crippen LogP contribution >= 0.6 is 0 Å². The second-order valence-electron chi connectivity index (χ2n) is 9.00. The summed E-state index contributed by atoms with van der Waals surface area (Å²) in [4.78, 5) is 58.5. The highest BCUT2D eigenvalue weighted by Gasteiger charge is 2.34. The molecule has 1 aliphatic rings. The van der Waals surface area contributed by atoms with Crippen LogP contribution in [-0.2, 0) is 30.4 Å². The topological polar surface area (TPSA) is 163 Å². The minimum Gasteiger partial charge on any atom is -0.487 e. The maximum absolute atomic E-state index is 12.7. The van der Waals surface area contributed by atoms with Gasteiger partial charge in [0.05, 0.1) is 0 Å². The number of carbonyl (C=O) groups excluding carboxylic acids is 5. The van der Waals surface area contributed by atoms with Gasteiger partial charge in [-0.3, -0.25) is 19.2 Å². The van der Waals surface area contributed by atoms with Crippen LogP contribution in [0, 0.1) is 0 Å². The van der Waals surface area contributed by atoms with Crippen molar-refractivity contribution in [1.82, 2.24) is 10.6 Å². The van der Waals surface area contributed by atoms with Gasteiger partial charge in [0.15, 0.2) is 11.5 Å².